The highest BCUT2D eigenvalue weighted by atomic mass is 79.9. The van der Waals surface area contributed by atoms with E-state index in [2.05, 4.69) is 41.1 Å². The largest absolute Gasteiger partial charge is 0.490 e. The first kappa shape index (κ1) is 15.7. The second kappa shape index (κ2) is 6.93. The first-order chi connectivity index (χ1) is 10.2. The average Bonchev–Trinajstić information content (AvgIpc) is 2.50. The average molecular weight is 371 g/mol. The Morgan fingerprint density at radius 3 is 2.95 bits per heavy atom. The first-order valence-corrected chi connectivity index (χ1v) is 10.0. The van der Waals surface area contributed by atoms with E-state index in [-0.39, 0.29) is 5.60 Å². The zero-order chi connectivity index (χ0) is 14.7. The SMILES string of the molecule is Cc1ccc(OC2CCOC3(CCSCC3)C2)c(CBr)c1. The van der Waals surface area contributed by atoms with Crippen LogP contribution in [0.25, 0.3) is 0 Å². The van der Waals surface area contributed by atoms with Crippen LogP contribution in [0.1, 0.15) is 36.8 Å². The molecule has 0 aromatic heterocycles. The molecule has 2 nitrogen and oxygen atoms in total. The molecule has 1 unspecified atom stereocenters. The lowest BCUT2D eigenvalue weighted by atomic mass is 9.86. The Balaban J connectivity index is 1.70. The molecule has 0 amide bonds. The highest BCUT2D eigenvalue weighted by Crippen LogP contribution is 2.39. The standard InChI is InChI=1S/C17H23BrO2S/c1-13-2-3-16(14(10-13)12-18)20-15-4-7-19-17(11-15)5-8-21-9-6-17/h2-3,10,15H,4-9,11-12H2,1H3. The van der Waals surface area contributed by atoms with Crippen molar-refractivity contribution in [2.24, 2.45) is 0 Å². The summed E-state index contributed by atoms with van der Waals surface area (Å²) in [6, 6.07) is 6.45. The Morgan fingerprint density at radius 1 is 1.38 bits per heavy atom. The monoisotopic (exact) mass is 370 g/mol. The number of hydrogen-bond acceptors (Lipinski definition) is 3. The predicted molar refractivity (Wildman–Crippen MR) is 92.7 cm³/mol. The van der Waals surface area contributed by atoms with Crippen LogP contribution >= 0.6 is 27.7 Å². The molecule has 0 N–H and O–H groups in total. The van der Waals surface area contributed by atoms with Crippen molar-refractivity contribution in [1.29, 1.82) is 0 Å². The summed E-state index contributed by atoms with van der Waals surface area (Å²) in [7, 11) is 0. The molecule has 3 rings (SSSR count). The zero-order valence-electron chi connectivity index (χ0n) is 12.6. The minimum absolute atomic E-state index is 0.0907. The summed E-state index contributed by atoms with van der Waals surface area (Å²) >= 11 is 5.62. The first-order valence-electron chi connectivity index (χ1n) is 7.75. The van der Waals surface area contributed by atoms with Gasteiger partial charge in [-0.1, -0.05) is 33.6 Å². The maximum Gasteiger partial charge on any atom is 0.123 e. The van der Waals surface area contributed by atoms with Crippen molar-refractivity contribution in [2.75, 3.05) is 18.1 Å². The van der Waals surface area contributed by atoms with Crippen LogP contribution in [0.2, 0.25) is 0 Å². The summed E-state index contributed by atoms with van der Waals surface area (Å²) in [5.41, 5.74) is 2.62. The van der Waals surface area contributed by atoms with E-state index in [1.165, 1.54) is 35.5 Å². The number of benzene rings is 1. The predicted octanol–water partition coefficient (Wildman–Crippen LogP) is 4.71. The molecule has 2 aliphatic heterocycles. The Labute approximate surface area is 140 Å². The molecular formula is C17H23BrO2S. The van der Waals surface area contributed by atoms with Crippen LogP contribution < -0.4 is 4.74 Å². The fourth-order valence-electron chi connectivity index (χ4n) is 3.28. The third-order valence-electron chi connectivity index (χ3n) is 4.51. The molecule has 0 saturated carbocycles. The van der Waals surface area contributed by atoms with E-state index in [1.54, 1.807) is 0 Å². The molecule has 1 aromatic rings. The van der Waals surface area contributed by atoms with E-state index in [1.807, 2.05) is 11.8 Å². The van der Waals surface area contributed by atoms with E-state index in [0.29, 0.717) is 6.10 Å². The van der Waals surface area contributed by atoms with Crippen LogP contribution in [0.5, 0.6) is 5.75 Å². The number of aryl methyl sites for hydroxylation is 1. The van der Waals surface area contributed by atoms with Crippen LogP contribution in [0.4, 0.5) is 0 Å². The van der Waals surface area contributed by atoms with Gasteiger partial charge in [-0.2, -0.15) is 11.8 Å². The topological polar surface area (TPSA) is 18.5 Å². The molecule has 1 atom stereocenters. The van der Waals surface area contributed by atoms with Gasteiger partial charge in [0, 0.05) is 23.7 Å². The lowest BCUT2D eigenvalue weighted by Gasteiger charge is -2.43. The smallest absolute Gasteiger partial charge is 0.123 e. The molecule has 0 aliphatic carbocycles. The molecule has 2 aliphatic rings. The van der Waals surface area contributed by atoms with Crippen LogP contribution in [0, 0.1) is 6.92 Å². The van der Waals surface area contributed by atoms with Crippen molar-refractivity contribution in [3.8, 4) is 5.75 Å². The molecule has 1 aromatic carbocycles. The highest BCUT2D eigenvalue weighted by molar-refractivity contribution is 9.08. The van der Waals surface area contributed by atoms with Crippen LogP contribution in [-0.4, -0.2) is 29.8 Å². The van der Waals surface area contributed by atoms with Gasteiger partial charge in [0.2, 0.25) is 0 Å². The van der Waals surface area contributed by atoms with Gasteiger partial charge in [0.15, 0.2) is 0 Å². The lowest BCUT2D eigenvalue weighted by Crippen LogP contribution is -2.46. The third-order valence-corrected chi connectivity index (χ3v) is 6.10. The van der Waals surface area contributed by atoms with Crippen LogP contribution in [0.15, 0.2) is 18.2 Å². The number of alkyl halides is 1. The summed E-state index contributed by atoms with van der Waals surface area (Å²) in [5.74, 6) is 3.48. The Hall–Kier alpha value is -0.190. The third kappa shape index (κ3) is 3.77. The number of ether oxygens (including phenoxy) is 2. The van der Waals surface area contributed by atoms with Crippen LogP contribution in [-0.2, 0) is 10.1 Å². The molecular weight excluding hydrogens is 348 g/mol. The van der Waals surface area contributed by atoms with Crippen molar-refractivity contribution < 1.29 is 9.47 Å². The van der Waals surface area contributed by atoms with Gasteiger partial charge in [0.05, 0.1) is 12.2 Å². The summed E-state index contributed by atoms with van der Waals surface area (Å²) in [6.07, 6.45) is 4.70. The van der Waals surface area contributed by atoms with E-state index in [9.17, 15) is 0 Å². The minimum atomic E-state index is 0.0907. The maximum absolute atomic E-state index is 6.34. The molecule has 0 bridgehead atoms. The van der Waals surface area contributed by atoms with Crippen LogP contribution in [0.3, 0.4) is 0 Å². The van der Waals surface area contributed by atoms with E-state index in [4.69, 9.17) is 9.47 Å². The number of rotatable bonds is 3. The molecule has 2 heterocycles. The maximum atomic E-state index is 6.34. The van der Waals surface area contributed by atoms with Gasteiger partial charge in [0.1, 0.15) is 11.9 Å². The number of halogens is 1. The number of hydrogen-bond donors (Lipinski definition) is 0. The summed E-state index contributed by atoms with van der Waals surface area (Å²) < 4.78 is 12.5. The molecule has 2 fully saturated rings. The normalized spacial score (nSPS) is 25.0. The van der Waals surface area contributed by atoms with Crippen molar-refractivity contribution in [1.82, 2.24) is 0 Å². The number of thioether (sulfide) groups is 1. The second-order valence-electron chi connectivity index (χ2n) is 6.12. The van der Waals surface area contributed by atoms with Gasteiger partial charge in [-0.3, -0.25) is 0 Å². The van der Waals surface area contributed by atoms with Gasteiger partial charge in [-0.15, -0.1) is 0 Å². The van der Waals surface area contributed by atoms with Gasteiger partial charge in [-0.05, 0) is 37.3 Å². The van der Waals surface area contributed by atoms with Crippen molar-refractivity contribution in [2.45, 2.75) is 49.6 Å². The molecule has 1 spiro atoms. The Bertz CT molecular complexity index is 480. The van der Waals surface area contributed by atoms with Gasteiger partial charge < -0.3 is 9.47 Å². The fraction of sp³-hybridized carbons (Fsp3) is 0.647. The molecule has 116 valence electrons. The van der Waals surface area contributed by atoms with Crippen molar-refractivity contribution >= 4 is 27.7 Å². The van der Waals surface area contributed by atoms with E-state index in [0.717, 1.165) is 30.5 Å². The van der Waals surface area contributed by atoms with E-state index < -0.39 is 0 Å². The van der Waals surface area contributed by atoms with Crippen molar-refractivity contribution in [3.63, 3.8) is 0 Å². The van der Waals surface area contributed by atoms with E-state index >= 15 is 0 Å². The molecule has 0 radical (unpaired) electrons. The molecule has 4 heteroatoms. The summed E-state index contributed by atoms with van der Waals surface area (Å²) in [4.78, 5) is 0. The summed E-state index contributed by atoms with van der Waals surface area (Å²) in [5, 5.41) is 0.842. The van der Waals surface area contributed by atoms with Gasteiger partial charge in [-0.25, -0.2) is 0 Å². The highest BCUT2D eigenvalue weighted by Gasteiger charge is 2.39. The quantitative estimate of drug-likeness (QED) is 0.717. The Kier molecular flexibility index (Phi) is 5.18. The molecule has 21 heavy (non-hydrogen) atoms. The van der Waals surface area contributed by atoms with Gasteiger partial charge in [0.25, 0.3) is 0 Å². The zero-order valence-corrected chi connectivity index (χ0v) is 15.0. The Morgan fingerprint density at radius 2 is 2.19 bits per heavy atom. The summed E-state index contributed by atoms with van der Waals surface area (Å²) in [6.45, 7) is 2.96. The fourth-order valence-corrected chi connectivity index (χ4v) is 4.96. The molecule has 2 saturated heterocycles. The lowest BCUT2D eigenvalue weighted by molar-refractivity contribution is -0.116. The van der Waals surface area contributed by atoms with Gasteiger partial charge >= 0.3 is 0 Å². The second-order valence-corrected chi connectivity index (χ2v) is 7.91. The van der Waals surface area contributed by atoms with Crippen molar-refractivity contribution in [3.05, 3.63) is 29.3 Å². The minimum Gasteiger partial charge on any atom is -0.490 e.